The summed E-state index contributed by atoms with van der Waals surface area (Å²) < 4.78 is 17.3. The minimum atomic E-state index is -0.776. The van der Waals surface area contributed by atoms with Crippen molar-refractivity contribution in [3.05, 3.63) is 59.2 Å². The molecule has 0 radical (unpaired) electrons. The van der Waals surface area contributed by atoms with Crippen LogP contribution >= 0.6 is 0 Å². The van der Waals surface area contributed by atoms with Crippen LogP contribution < -0.4 is 31.0 Å². The highest BCUT2D eigenvalue weighted by molar-refractivity contribution is 6.01. The van der Waals surface area contributed by atoms with Gasteiger partial charge in [0, 0.05) is 24.7 Å². The number of fused-ring (bicyclic) bond motifs is 1. The summed E-state index contributed by atoms with van der Waals surface area (Å²) in [6, 6.07) is 11.3. The Morgan fingerprint density at radius 1 is 1.16 bits per heavy atom. The third-order valence-electron chi connectivity index (χ3n) is 5.55. The predicted molar refractivity (Wildman–Crippen MR) is 133 cm³/mol. The number of rotatable bonds is 7. The smallest absolute Gasteiger partial charge is 0.328 e. The molecular formula is C24H22N8O5. The number of carbonyl (C=O) groups excluding carboxylic acids is 2. The van der Waals surface area contributed by atoms with Crippen LogP contribution in [0.4, 0.5) is 5.69 Å². The van der Waals surface area contributed by atoms with Crippen LogP contribution in [0.2, 0.25) is 0 Å². The van der Waals surface area contributed by atoms with Gasteiger partial charge in [-0.25, -0.2) is 0 Å². The highest BCUT2D eigenvalue weighted by atomic mass is 16.5. The van der Waals surface area contributed by atoms with E-state index in [0.717, 1.165) is 17.9 Å². The van der Waals surface area contributed by atoms with E-state index in [0.29, 0.717) is 12.3 Å². The molecule has 2 aromatic carbocycles. The first-order chi connectivity index (χ1) is 17.8. The number of amidine groups is 2. The molecule has 188 valence electrons. The van der Waals surface area contributed by atoms with Gasteiger partial charge in [0.2, 0.25) is 5.88 Å². The number of nitrogens with one attached hydrogen (secondary N) is 2. The van der Waals surface area contributed by atoms with Gasteiger partial charge in [0.15, 0.2) is 12.3 Å². The molecule has 37 heavy (non-hydrogen) atoms. The van der Waals surface area contributed by atoms with Gasteiger partial charge in [-0.2, -0.15) is 9.97 Å². The van der Waals surface area contributed by atoms with E-state index < -0.39 is 11.8 Å². The average Bonchev–Trinajstić information content (AvgIpc) is 3.30. The Labute approximate surface area is 210 Å². The Hall–Kier alpha value is -5.20. The molecule has 2 aliphatic heterocycles. The fraction of sp³-hybridized carbons (Fsp3) is 0.167. The summed E-state index contributed by atoms with van der Waals surface area (Å²) in [6.07, 6.45) is 0. The lowest BCUT2D eigenvalue weighted by Gasteiger charge is -2.20. The maximum Gasteiger partial charge on any atom is 0.328 e. The standard InChI is InChI=1S/C24H22N8O5/c1-32-8-7-28-21(32)13-3-2-4-14(9-13)36-24-30-22-18(29-17(33)11-35-22)23(31-24)37-16-10-12(19(25)26)5-6-15(16)20(27)34/h2-6,9-10H,7-8,11H2,1H3,(H3,25,26)(H2,27,34)(H,29,33). The number of carbonyl (C=O) groups is 2. The lowest BCUT2D eigenvalue weighted by Crippen LogP contribution is -2.27. The molecule has 0 spiro atoms. The zero-order chi connectivity index (χ0) is 26.1. The molecule has 1 aromatic heterocycles. The fourth-order valence-corrected chi connectivity index (χ4v) is 3.77. The molecule has 5 rings (SSSR count). The lowest BCUT2D eigenvalue weighted by molar-refractivity contribution is -0.118. The van der Waals surface area contributed by atoms with Crippen molar-refractivity contribution >= 4 is 29.2 Å². The number of nitrogens with two attached hydrogens (primary N) is 2. The van der Waals surface area contributed by atoms with Crippen LogP contribution in [0.25, 0.3) is 0 Å². The van der Waals surface area contributed by atoms with Crippen molar-refractivity contribution in [3.63, 3.8) is 0 Å². The highest BCUT2D eigenvalue weighted by Gasteiger charge is 2.27. The molecule has 0 fully saturated rings. The first-order valence-electron chi connectivity index (χ1n) is 11.1. The second-order valence-electron chi connectivity index (χ2n) is 8.18. The number of ether oxygens (including phenoxy) is 3. The van der Waals surface area contributed by atoms with Gasteiger partial charge in [0.05, 0.1) is 12.1 Å². The van der Waals surface area contributed by atoms with Crippen molar-refractivity contribution in [2.24, 2.45) is 16.5 Å². The van der Waals surface area contributed by atoms with Crippen LogP contribution in [0.1, 0.15) is 21.5 Å². The number of amides is 2. The number of aliphatic imine (C=N–C) groups is 1. The number of primary amides is 1. The summed E-state index contributed by atoms with van der Waals surface area (Å²) >= 11 is 0. The van der Waals surface area contributed by atoms with Crippen LogP contribution in [0.5, 0.6) is 29.3 Å². The zero-order valence-electron chi connectivity index (χ0n) is 19.6. The minimum absolute atomic E-state index is 0.0112. The zero-order valence-corrected chi connectivity index (χ0v) is 19.6. The third-order valence-corrected chi connectivity index (χ3v) is 5.55. The number of nitrogens with zero attached hydrogens (tertiary/aromatic N) is 4. The van der Waals surface area contributed by atoms with Crippen LogP contribution in [-0.4, -0.2) is 65.1 Å². The molecule has 6 N–H and O–H groups in total. The Bertz CT molecular complexity index is 1470. The Kier molecular flexibility index (Phi) is 6.01. The third kappa shape index (κ3) is 4.82. The van der Waals surface area contributed by atoms with E-state index in [1.165, 1.54) is 18.2 Å². The predicted octanol–water partition coefficient (Wildman–Crippen LogP) is 1.47. The molecule has 3 heterocycles. The molecule has 13 heteroatoms. The van der Waals surface area contributed by atoms with Crippen molar-refractivity contribution < 1.29 is 23.8 Å². The summed E-state index contributed by atoms with van der Waals surface area (Å²) in [5, 5.41) is 10.3. The molecule has 0 aliphatic carbocycles. The molecule has 13 nitrogen and oxygen atoms in total. The maximum absolute atomic E-state index is 12.0. The first kappa shape index (κ1) is 23.5. The van der Waals surface area contributed by atoms with E-state index in [-0.39, 0.29) is 52.8 Å². The van der Waals surface area contributed by atoms with Crippen molar-refractivity contribution in [1.82, 2.24) is 14.9 Å². The fourth-order valence-electron chi connectivity index (χ4n) is 3.77. The molecule has 0 saturated heterocycles. The monoisotopic (exact) mass is 502 g/mol. The second kappa shape index (κ2) is 9.45. The molecule has 0 unspecified atom stereocenters. The topological polar surface area (TPSA) is 191 Å². The molecule has 0 saturated carbocycles. The van der Waals surface area contributed by atoms with Crippen molar-refractivity contribution in [2.45, 2.75) is 0 Å². The number of aromatic nitrogens is 2. The largest absolute Gasteiger partial charge is 0.466 e. The maximum atomic E-state index is 12.0. The number of benzene rings is 2. The Morgan fingerprint density at radius 2 is 2.00 bits per heavy atom. The number of likely N-dealkylation sites (N-methyl/N-ethyl adjacent to an activating group) is 1. The van der Waals surface area contributed by atoms with Gasteiger partial charge in [-0.05, 0) is 24.3 Å². The summed E-state index contributed by atoms with van der Waals surface area (Å²) in [7, 11) is 1.96. The summed E-state index contributed by atoms with van der Waals surface area (Å²) in [6.45, 7) is 1.28. The van der Waals surface area contributed by atoms with Crippen LogP contribution in [0, 0.1) is 5.41 Å². The first-order valence-corrected chi connectivity index (χ1v) is 11.1. The quantitative estimate of drug-likeness (QED) is 0.273. The molecule has 2 amide bonds. The molecule has 0 atom stereocenters. The van der Waals surface area contributed by atoms with Crippen molar-refractivity contribution in [1.29, 1.82) is 5.41 Å². The van der Waals surface area contributed by atoms with Gasteiger partial charge in [-0.3, -0.25) is 20.0 Å². The molecule has 3 aromatic rings. The van der Waals surface area contributed by atoms with E-state index in [9.17, 15) is 9.59 Å². The highest BCUT2D eigenvalue weighted by Crippen LogP contribution is 2.39. The van der Waals surface area contributed by atoms with E-state index in [1.807, 2.05) is 24.1 Å². The number of nitrogen functional groups attached to an aromatic ring is 1. The molecule has 0 bridgehead atoms. The molecular weight excluding hydrogens is 480 g/mol. The van der Waals surface area contributed by atoms with E-state index >= 15 is 0 Å². The molecule has 2 aliphatic rings. The normalized spacial score (nSPS) is 14.2. The van der Waals surface area contributed by atoms with Crippen molar-refractivity contribution in [3.8, 4) is 29.3 Å². The van der Waals surface area contributed by atoms with Crippen molar-refractivity contribution in [2.75, 3.05) is 32.1 Å². The minimum Gasteiger partial charge on any atom is -0.466 e. The van der Waals surface area contributed by atoms with Crippen LogP contribution in [0.15, 0.2) is 47.5 Å². The van der Waals surface area contributed by atoms with E-state index in [2.05, 4.69) is 20.3 Å². The van der Waals surface area contributed by atoms with E-state index in [1.54, 1.807) is 12.1 Å². The lowest BCUT2D eigenvalue weighted by atomic mass is 10.1. The Morgan fingerprint density at radius 3 is 2.73 bits per heavy atom. The number of anilines is 1. The average molecular weight is 502 g/mol. The summed E-state index contributed by atoms with van der Waals surface area (Å²) in [4.78, 5) is 39.1. The van der Waals surface area contributed by atoms with Gasteiger partial charge >= 0.3 is 6.01 Å². The van der Waals surface area contributed by atoms with Gasteiger partial charge in [-0.15, -0.1) is 0 Å². The van der Waals surface area contributed by atoms with Crippen LogP contribution in [-0.2, 0) is 4.79 Å². The van der Waals surface area contributed by atoms with E-state index in [4.69, 9.17) is 31.1 Å². The second-order valence-corrected chi connectivity index (χ2v) is 8.18. The van der Waals surface area contributed by atoms with Gasteiger partial charge in [0.25, 0.3) is 17.7 Å². The number of hydrogen-bond acceptors (Lipinski definition) is 10. The van der Waals surface area contributed by atoms with Gasteiger partial charge in [0.1, 0.15) is 23.2 Å². The SMILES string of the molecule is CN1CCN=C1c1cccc(Oc2nc3c(c(Oc4cc(C(=N)N)ccc4C(N)=O)n2)NC(=O)CO3)c1. The van der Waals surface area contributed by atoms with Crippen LogP contribution in [0.3, 0.4) is 0 Å². The van der Waals surface area contributed by atoms with Gasteiger partial charge in [-0.1, -0.05) is 18.2 Å². The summed E-state index contributed by atoms with van der Waals surface area (Å²) in [5.41, 5.74) is 12.3. The Balaban J connectivity index is 1.53. The van der Waals surface area contributed by atoms with Gasteiger partial charge < -0.3 is 35.9 Å². The number of hydrogen-bond donors (Lipinski definition) is 4. The summed E-state index contributed by atoms with van der Waals surface area (Å²) in [5.74, 6) is -0.372.